The monoisotopic (exact) mass is 449 g/mol. The van der Waals surface area contributed by atoms with Crippen LogP contribution >= 0.6 is 0 Å². The quantitative estimate of drug-likeness (QED) is 0.527. The van der Waals surface area contributed by atoms with E-state index in [9.17, 15) is 9.59 Å². The fourth-order valence-electron chi connectivity index (χ4n) is 3.68. The van der Waals surface area contributed by atoms with E-state index in [0.29, 0.717) is 24.5 Å². The van der Waals surface area contributed by atoms with Crippen molar-refractivity contribution in [3.8, 4) is 5.69 Å². The van der Waals surface area contributed by atoms with Gasteiger partial charge < -0.3 is 19.7 Å². The van der Waals surface area contributed by atoms with Crippen LogP contribution in [-0.4, -0.2) is 57.5 Å². The number of pyridine rings is 1. The molecular weight excluding hydrogens is 422 g/mol. The van der Waals surface area contributed by atoms with E-state index in [0.717, 1.165) is 25.0 Å². The summed E-state index contributed by atoms with van der Waals surface area (Å²) in [7, 11) is 0. The second kappa shape index (κ2) is 10.7. The molecule has 0 bridgehead atoms. The molecule has 1 aliphatic rings. The Bertz CT molecular complexity index is 1080. The number of rotatable bonds is 8. The lowest BCUT2D eigenvalue weighted by atomic mass is 10.2. The second-order valence-electron chi connectivity index (χ2n) is 7.72. The first kappa shape index (κ1) is 22.5. The summed E-state index contributed by atoms with van der Waals surface area (Å²) in [6.45, 7) is 3.70. The number of hydrogen-bond acceptors (Lipinski definition) is 6. The predicted molar refractivity (Wildman–Crippen MR) is 122 cm³/mol. The number of anilines is 1. The molecule has 2 amide bonds. The minimum absolute atomic E-state index is 0.0316. The lowest BCUT2D eigenvalue weighted by Crippen LogP contribution is -2.39. The van der Waals surface area contributed by atoms with Crippen LogP contribution in [0.15, 0.2) is 61.1 Å². The summed E-state index contributed by atoms with van der Waals surface area (Å²) in [5.41, 5.74) is 2.50. The highest BCUT2D eigenvalue weighted by Gasteiger charge is 2.23. The smallest absolute Gasteiger partial charge is 0.358 e. The highest BCUT2D eigenvalue weighted by Crippen LogP contribution is 2.18. The van der Waals surface area contributed by atoms with Gasteiger partial charge in [-0.1, -0.05) is 12.1 Å². The molecule has 0 saturated carbocycles. The maximum atomic E-state index is 13.2. The number of urea groups is 1. The lowest BCUT2D eigenvalue weighted by Gasteiger charge is -2.26. The molecule has 1 aliphatic heterocycles. The molecule has 1 fully saturated rings. The van der Waals surface area contributed by atoms with Crippen molar-refractivity contribution in [2.75, 3.05) is 25.1 Å². The Hall–Kier alpha value is -3.72. The van der Waals surface area contributed by atoms with Gasteiger partial charge in [-0.3, -0.25) is 4.98 Å². The molecule has 3 heterocycles. The minimum atomic E-state index is -0.471. The van der Waals surface area contributed by atoms with Crippen LogP contribution in [0.2, 0.25) is 0 Å². The predicted octanol–water partition coefficient (Wildman–Crippen LogP) is 3.66. The Kier molecular flexibility index (Phi) is 7.31. The van der Waals surface area contributed by atoms with Crippen LogP contribution in [0.25, 0.3) is 5.69 Å². The molecule has 1 atom stereocenters. The van der Waals surface area contributed by atoms with E-state index < -0.39 is 5.97 Å². The zero-order chi connectivity index (χ0) is 23.0. The molecule has 33 heavy (non-hydrogen) atoms. The third kappa shape index (κ3) is 5.95. The number of carbonyl (C=O) groups excluding carboxylic acids is 2. The van der Waals surface area contributed by atoms with Crippen molar-refractivity contribution in [1.82, 2.24) is 19.7 Å². The van der Waals surface area contributed by atoms with Gasteiger partial charge in [-0.05, 0) is 55.7 Å². The summed E-state index contributed by atoms with van der Waals surface area (Å²) in [5.74, 6) is -0.471. The molecule has 1 N–H and O–H groups in total. The van der Waals surface area contributed by atoms with E-state index >= 15 is 0 Å². The van der Waals surface area contributed by atoms with Gasteiger partial charge in [0.05, 0.1) is 18.4 Å². The number of amides is 2. The van der Waals surface area contributed by atoms with Crippen molar-refractivity contribution in [2.45, 2.75) is 32.4 Å². The molecular formula is C24H27N5O4. The van der Waals surface area contributed by atoms with Crippen LogP contribution in [0.5, 0.6) is 0 Å². The third-order valence-corrected chi connectivity index (χ3v) is 5.27. The molecule has 4 rings (SSSR count). The summed E-state index contributed by atoms with van der Waals surface area (Å²) >= 11 is 0. The largest absolute Gasteiger partial charge is 0.461 e. The SMILES string of the molecule is CCOC(=O)c1ccn(-c2cccc(NC(=O)N(Cc3cccnc3)C[C@H]3CCCO3)c2)n1. The molecule has 1 saturated heterocycles. The molecule has 0 unspecified atom stereocenters. The van der Waals surface area contributed by atoms with Crippen LogP contribution in [0.4, 0.5) is 10.5 Å². The van der Waals surface area contributed by atoms with Gasteiger partial charge in [0.15, 0.2) is 5.69 Å². The molecule has 0 radical (unpaired) electrons. The van der Waals surface area contributed by atoms with Gasteiger partial charge in [-0.25, -0.2) is 14.3 Å². The Balaban J connectivity index is 1.48. The Morgan fingerprint density at radius 1 is 1.27 bits per heavy atom. The van der Waals surface area contributed by atoms with Crippen LogP contribution in [0.3, 0.4) is 0 Å². The van der Waals surface area contributed by atoms with E-state index in [4.69, 9.17) is 9.47 Å². The highest BCUT2D eigenvalue weighted by atomic mass is 16.5. The number of nitrogens with one attached hydrogen (secondary N) is 1. The van der Waals surface area contributed by atoms with Crippen molar-refractivity contribution in [2.24, 2.45) is 0 Å². The summed E-state index contributed by atoms with van der Waals surface area (Å²) in [4.78, 5) is 31.0. The maximum absolute atomic E-state index is 13.2. The third-order valence-electron chi connectivity index (χ3n) is 5.27. The van der Waals surface area contributed by atoms with Crippen molar-refractivity contribution >= 4 is 17.7 Å². The number of esters is 1. The molecule has 1 aromatic carbocycles. The molecule has 0 aliphatic carbocycles. The highest BCUT2D eigenvalue weighted by molar-refractivity contribution is 5.90. The fourth-order valence-corrected chi connectivity index (χ4v) is 3.68. The number of carbonyl (C=O) groups is 2. The average Bonchev–Trinajstić information content (AvgIpc) is 3.52. The Morgan fingerprint density at radius 3 is 2.94 bits per heavy atom. The molecule has 9 heteroatoms. The number of nitrogens with zero attached hydrogens (tertiary/aromatic N) is 4. The average molecular weight is 450 g/mol. The first-order chi connectivity index (χ1) is 16.1. The van der Waals surface area contributed by atoms with Gasteiger partial charge in [0.25, 0.3) is 0 Å². The van der Waals surface area contributed by atoms with Crippen LogP contribution in [0.1, 0.15) is 35.8 Å². The fraction of sp³-hybridized carbons (Fsp3) is 0.333. The topological polar surface area (TPSA) is 98.6 Å². The molecule has 172 valence electrons. The van der Waals surface area contributed by atoms with Crippen LogP contribution in [0, 0.1) is 0 Å². The molecule has 9 nitrogen and oxygen atoms in total. The van der Waals surface area contributed by atoms with Crippen molar-refractivity contribution < 1.29 is 19.1 Å². The second-order valence-corrected chi connectivity index (χ2v) is 7.72. The first-order valence-electron chi connectivity index (χ1n) is 11.0. The maximum Gasteiger partial charge on any atom is 0.358 e. The minimum Gasteiger partial charge on any atom is -0.461 e. The van der Waals surface area contributed by atoms with Crippen molar-refractivity contribution in [3.63, 3.8) is 0 Å². The zero-order valence-corrected chi connectivity index (χ0v) is 18.5. The van der Waals surface area contributed by atoms with E-state index in [1.165, 1.54) is 0 Å². The number of ether oxygens (including phenoxy) is 2. The van der Waals surface area contributed by atoms with Crippen LogP contribution in [-0.2, 0) is 16.0 Å². The summed E-state index contributed by atoms with van der Waals surface area (Å²) in [5, 5.41) is 7.25. The van der Waals surface area contributed by atoms with E-state index in [1.54, 1.807) is 47.2 Å². The Labute approximate surface area is 192 Å². The van der Waals surface area contributed by atoms with Gasteiger partial charge in [-0.2, -0.15) is 5.10 Å². The molecule has 3 aromatic rings. The number of hydrogen-bond donors (Lipinski definition) is 1. The summed E-state index contributed by atoms with van der Waals surface area (Å²) in [6.07, 6.45) is 7.13. The first-order valence-corrected chi connectivity index (χ1v) is 11.0. The van der Waals surface area contributed by atoms with Crippen molar-refractivity contribution in [1.29, 1.82) is 0 Å². The van der Waals surface area contributed by atoms with E-state index in [1.807, 2.05) is 30.3 Å². The van der Waals surface area contributed by atoms with Gasteiger partial charge in [0.2, 0.25) is 0 Å². The van der Waals surface area contributed by atoms with Crippen molar-refractivity contribution in [3.05, 3.63) is 72.3 Å². The molecule has 0 spiro atoms. The van der Waals surface area contributed by atoms with Gasteiger partial charge in [0, 0.05) is 44.0 Å². The zero-order valence-electron chi connectivity index (χ0n) is 18.5. The van der Waals surface area contributed by atoms with Gasteiger partial charge in [-0.15, -0.1) is 0 Å². The Morgan fingerprint density at radius 2 is 2.18 bits per heavy atom. The number of benzene rings is 1. The standard InChI is InChI=1S/C24H27N5O4/c1-2-32-23(30)22-10-12-29(27-22)20-8-3-7-19(14-20)26-24(31)28(17-21-9-5-13-33-21)16-18-6-4-11-25-15-18/h3-4,6-8,10-12,14-15,21H,2,5,9,13,16-17H2,1H3,(H,26,31)/t21-/m1/s1. The number of aromatic nitrogens is 3. The summed E-state index contributed by atoms with van der Waals surface area (Å²) in [6, 6.07) is 12.5. The van der Waals surface area contributed by atoms with E-state index in [-0.39, 0.29) is 24.4 Å². The van der Waals surface area contributed by atoms with Crippen LogP contribution < -0.4 is 5.32 Å². The lowest BCUT2D eigenvalue weighted by molar-refractivity contribution is 0.0519. The summed E-state index contributed by atoms with van der Waals surface area (Å²) < 4.78 is 12.3. The normalized spacial score (nSPS) is 15.2. The molecule has 2 aromatic heterocycles. The van der Waals surface area contributed by atoms with E-state index in [2.05, 4.69) is 15.4 Å². The van der Waals surface area contributed by atoms with Gasteiger partial charge in [0.1, 0.15) is 0 Å². The van der Waals surface area contributed by atoms with Gasteiger partial charge >= 0.3 is 12.0 Å².